The van der Waals surface area contributed by atoms with Gasteiger partial charge in [-0.15, -0.1) is 0 Å². The van der Waals surface area contributed by atoms with Crippen molar-refractivity contribution in [1.82, 2.24) is 4.98 Å². The van der Waals surface area contributed by atoms with Gasteiger partial charge in [-0.2, -0.15) is 0 Å². The van der Waals surface area contributed by atoms with Crippen LogP contribution in [0.1, 0.15) is 26.2 Å². The summed E-state index contributed by atoms with van der Waals surface area (Å²) in [6, 6.07) is 9.83. The summed E-state index contributed by atoms with van der Waals surface area (Å²) in [4.78, 5) is 15.7. The molecule has 0 bridgehead atoms. The smallest absolute Gasteiger partial charge is 0.313 e. The van der Waals surface area contributed by atoms with E-state index in [0.717, 1.165) is 18.9 Å². The van der Waals surface area contributed by atoms with Crippen molar-refractivity contribution in [1.29, 1.82) is 0 Å². The van der Waals surface area contributed by atoms with E-state index in [9.17, 15) is 9.18 Å². The molecule has 0 amide bonds. The minimum atomic E-state index is -1.08. The number of aromatic nitrogens is 1. The fourth-order valence-electron chi connectivity index (χ4n) is 1.90. The summed E-state index contributed by atoms with van der Waals surface area (Å²) in [5.74, 6) is -1.06. The lowest BCUT2D eigenvalue weighted by molar-refractivity contribution is -0.149. The summed E-state index contributed by atoms with van der Waals surface area (Å²) in [7, 11) is 0. The number of ether oxygens (including phenoxy) is 3. The summed E-state index contributed by atoms with van der Waals surface area (Å²) < 4.78 is 30.0. The molecule has 0 saturated carbocycles. The maximum absolute atomic E-state index is 13.9. The fourth-order valence-corrected chi connectivity index (χ4v) is 2.04. The van der Waals surface area contributed by atoms with Gasteiger partial charge in [-0.25, -0.2) is 9.37 Å². The number of carbonyl (C=O) groups excluding carboxylic acids is 1. The van der Waals surface area contributed by atoms with Crippen LogP contribution in [0.2, 0.25) is 5.02 Å². The van der Waals surface area contributed by atoms with E-state index in [1.165, 1.54) is 6.20 Å². The van der Waals surface area contributed by atoms with Gasteiger partial charge >= 0.3 is 5.97 Å². The highest BCUT2D eigenvalue weighted by Crippen LogP contribution is 2.21. The summed E-state index contributed by atoms with van der Waals surface area (Å²) in [6.45, 7) is 2.31. The molecule has 2 rings (SSSR count). The van der Waals surface area contributed by atoms with Crippen LogP contribution in [0, 0.1) is 5.82 Å². The molecule has 0 aliphatic heterocycles. The van der Waals surface area contributed by atoms with Crippen LogP contribution < -0.4 is 9.47 Å². The van der Waals surface area contributed by atoms with Gasteiger partial charge in [0.05, 0.1) is 11.6 Å². The summed E-state index contributed by atoms with van der Waals surface area (Å²) in [6.07, 6.45) is 1.64. The molecule has 0 saturated heterocycles. The average Bonchev–Trinajstić information content (AvgIpc) is 2.58. The molecule has 0 radical (unpaired) electrons. The van der Waals surface area contributed by atoms with E-state index in [4.69, 9.17) is 25.8 Å². The average molecular weight is 368 g/mol. The zero-order chi connectivity index (χ0) is 18.1. The fraction of sp³-hybridized carbons (Fsp3) is 0.333. The number of hydrogen-bond acceptors (Lipinski definition) is 5. The van der Waals surface area contributed by atoms with Crippen LogP contribution in [0.15, 0.2) is 42.6 Å². The highest BCUT2D eigenvalue weighted by Gasteiger charge is 2.21. The molecule has 1 atom stereocenters. The first-order valence-electron chi connectivity index (χ1n) is 7.93. The first-order chi connectivity index (χ1) is 12.1. The number of nitrogens with zero attached hydrogens (tertiary/aromatic N) is 1. The number of carbonyl (C=O) groups is 1. The van der Waals surface area contributed by atoms with Crippen LogP contribution in [-0.2, 0) is 9.53 Å². The molecular formula is C18H19ClFNO4. The van der Waals surface area contributed by atoms with Crippen molar-refractivity contribution < 1.29 is 23.4 Å². The first kappa shape index (κ1) is 19.0. The minimum Gasteiger partial charge on any atom is -0.465 e. The minimum absolute atomic E-state index is 0.143. The first-order valence-corrected chi connectivity index (χ1v) is 8.31. The standard InChI is InChI=1S/C18H19ClFNO4/c1-2-3-9-23-16(22)11-17(24-14-7-5-4-6-8-14)25-18-15(20)10-13(19)12-21-18/h4-8,10,12,17H,2-3,9,11H2,1H3. The van der Waals surface area contributed by atoms with Gasteiger partial charge in [-0.05, 0) is 24.6 Å². The Morgan fingerprint density at radius 2 is 2.04 bits per heavy atom. The predicted octanol–water partition coefficient (Wildman–Crippen LogP) is 4.39. The highest BCUT2D eigenvalue weighted by molar-refractivity contribution is 6.30. The van der Waals surface area contributed by atoms with Crippen molar-refractivity contribution in [2.45, 2.75) is 32.5 Å². The highest BCUT2D eigenvalue weighted by atomic mass is 35.5. The van der Waals surface area contributed by atoms with Crippen LogP contribution in [0.3, 0.4) is 0 Å². The normalized spacial score (nSPS) is 11.6. The monoisotopic (exact) mass is 367 g/mol. The largest absolute Gasteiger partial charge is 0.465 e. The molecule has 0 aliphatic carbocycles. The van der Waals surface area contributed by atoms with Crippen LogP contribution in [0.4, 0.5) is 4.39 Å². The number of halogens is 2. The topological polar surface area (TPSA) is 57.7 Å². The van der Waals surface area contributed by atoms with Gasteiger partial charge in [0.1, 0.15) is 12.2 Å². The van der Waals surface area contributed by atoms with E-state index < -0.39 is 18.1 Å². The number of benzene rings is 1. The summed E-state index contributed by atoms with van der Waals surface area (Å²) >= 11 is 5.68. The second-order valence-electron chi connectivity index (χ2n) is 5.20. The van der Waals surface area contributed by atoms with Gasteiger partial charge in [-0.3, -0.25) is 4.79 Å². The molecule has 5 nitrogen and oxygen atoms in total. The Bertz CT molecular complexity index is 684. The van der Waals surface area contributed by atoms with E-state index in [1.807, 2.05) is 13.0 Å². The molecule has 0 fully saturated rings. The number of pyridine rings is 1. The Hall–Kier alpha value is -2.34. The molecule has 1 aromatic carbocycles. The molecule has 0 aliphatic rings. The Morgan fingerprint density at radius 1 is 1.28 bits per heavy atom. The van der Waals surface area contributed by atoms with Crippen LogP contribution in [0.25, 0.3) is 0 Å². The van der Waals surface area contributed by atoms with Crippen LogP contribution in [-0.4, -0.2) is 23.9 Å². The lowest BCUT2D eigenvalue weighted by Gasteiger charge is -2.19. The van der Waals surface area contributed by atoms with Gasteiger partial charge in [0, 0.05) is 6.20 Å². The van der Waals surface area contributed by atoms with Gasteiger partial charge in [0.25, 0.3) is 12.2 Å². The third-order valence-electron chi connectivity index (χ3n) is 3.12. The summed E-state index contributed by atoms with van der Waals surface area (Å²) in [5.41, 5.74) is 0. The zero-order valence-corrected chi connectivity index (χ0v) is 14.5. The second kappa shape index (κ2) is 9.84. The van der Waals surface area contributed by atoms with Crippen molar-refractivity contribution in [3.05, 3.63) is 53.4 Å². The lowest BCUT2D eigenvalue weighted by Crippen LogP contribution is -2.29. The van der Waals surface area contributed by atoms with Gasteiger partial charge in [0.2, 0.25) is 0 Å². The SMILES string of the molecule is CCCCOC(=O)CC(Oc1ccccc1)Oc1ncc(Cl)cc1F. The molecule has 25 heavy (non-hydrogen) atoms. The molecule has 1 aromatic heterocycles. The predicted molar refractivity (Wildman–Crippen MR) is 91.2 cm³/mol. The quantitative estimate of drug-likeness (QED) is 0.373. The van der Waals surface area contributed by atoms with Gasteiger partial charge < -0.3 is 14.2 Å². The lowest BCUT2D eigenvalue weighted by atomic mass is 10.3. The Labute approximate surface area is 150 Å². The van der Waals surface area contributed by atoms with E-state index in [2.05, 4.69) is 4.98 Å². The molecule has 1 heterocycles. The Kier molecular flexibility index (Phi) is 7.47. The maximum Gasteiger partial charge on any atom is 0.313 e. The number of esters is 1. The van der Waals surface area contributed by atoms with Crippen molar-refractivity contribution in [2.75, 3.05) is 6.61 Å². The maximum atomic E-state index is 13.9. The van der Waals surface area contributed by atoms with Crippen LogP contribution in [0.5, 0.6) is 11.6 Å². The van der Waals surface area contributed by atoms with Crippen molar-refractivity contribution in [3.8, 4) is 11.6 Å². The molecule has 0 spiro atoms. The molecule has 7 heteroatoms. The van der Waals surface area contributed by atoms with E-state index in [1.54, 1.807) is 24.3 Å². The molecule has 134 valence electrons. The van der Waals surface area contributed by atoms with Crippen LogP contribution >= 0.6 is 11.6 Å². The molecular weight excluding hydrogens is 349 g/mol. The van der Waals surface area contributed by atoms with Crippen molar-refractivity contribution in [3.63, 3.8) is 0 Å². The second-order valence-corrected chi connectivity index (χ2v) is 5.63. The third-order valence-corrected chi connectivity index (χ3v) is 3.33. The van der Waals surface area contributed by atoms with Gasteiger partial charge in [-0.1, -0.05) is 43.1 Å². The molecule has 0 N–H and O–H groups in total. The number of unbranched alkanes of at least 4 members (excludes halogenated alkanes) is 1. The molecule has 2 aromatic rings. The zero-order valence-electron chi connectivity index (χ0n) is 13.8. The molecule has 1 unspecified atom stereocenters. The van der Waals surface area contributed by atoms with Crippen molar-refractivity contribution >= 4 is 17.6 Å². The van der Waals surface area contributed by atoms with E-state index in [0.29, 0.717) is 12.4 Å². The Morgan fingerprint density at radius 3 is 2.72 bits per heavy atom. The van der Waals surface area contributed by atoms with E-state index in [-0.39, 0.29) is 17.3 Å². The number of para-hydroxylation sites is 1. The third kappa shape index (κ3) is 6.58. The van der Waals surface area contributed by atoms with Gasteiger partial charge in [0.15, 0.2) is 5.82 Å². The number of rotatable bonds is 9. The summed E-state index contributed by atoms with van der Waals surface area (Å²) in [5, 5.41) is 0.143. The van der Waals surface area contributed by atoms with Crippen molar-refractivity contribution in [2.24, 2.45) is 0 Å². The van der Waals surface area contributed by atoms with E-state index >= 15 is 0 Å². The Balaban J connectivity index is 2.06. The number of hydrogen-bond donors (Lipinski definition) is 0.